The molecule has 11 heavy (non-hydrogen) atoms. The normalized spacial score (nSPS) is 40.8. The van der Waals surface area contributed by atoms with Gasteiger partial charge in [0, 0.05) is 0 Å². The molecular weight excluding hydrogens is 135 g/mol. The number of hydrogen-bond donors (Lipinski definition) is 0. The van der Waals surface area contributed by atoms with E-state index in [4.69, 9.17) is 0 Å². The summed E-state index contributed by atoms with van der Waals surface area (Å²) in [5.41, 5.74) is 0.472. The zero-order valence-electron chi connectivity index (χ0n) is 7.64. The van der Waals surface area contributed by atoms with Crippen LogP contribution in [0, 0.1) is 0 Å². The Kier molecular flexibility index (Phi) is 1.73. The summed E-state index contributed by atoms with van der Waals surface area (Å²) in [4.78, 5) is 5.08. The first-order valence-corrected chi connectivity index (χ1v) is 4.68. The summed E-state index contributed by atoms with van der Waals surface area (Å²) in [6.07, 6.45) is 5.56. The molecule has 0 N–H and O–H groups in total. The summed E-state index contributed by atoms with van der Waals surface area (Å²) in [7, 11) is 4.55. The van der Waals surface area contributed by atoms with E-state index in [1.807, 2.05) is 0 Å². The molecule has 2 nitrogen and oxygen atoms in total. The second-order valence-electron chi connectivity index (χ2n) is 4.03. The highest BCUT2D eigenvalue weighted by atomic mass is 15.4. The van der Waals surface area contributed by atoms with Crippen molar-refractivity contribution in [2.24, 2.45) is 0 Å². The molecule has 2 heterocycles. The van der Waals surface area contributed by atoms with Crippen LogP contribution in [0.15, 0.2) is 0 Å². The van der Waals surface area contributed by atoms with Crippen molar-refractivity contribution in [3.8, 4) is 0 Å². The lowest BCUT2D eigenvalue weighted by atomic mass is 10.0. The standard InChI is InChI=1S/C8H17BN2/c1-10-6-2-4-8(10)5-3-7-11(8)9/h2-7,9H2,1H3. The molecular formula is C8H17BN2. The molecule has 0 aliphatic carbocycles. The number of rotatable bonds is 0. The molecule has 0 saturated carbocycles. The molecule has 3 heteroatoms. The summed E-state index contributed by atoms with van der Waals surface area (Å²) < 4.78 is 0. The number of hydrogen-bond acceptors (Lipinski definition) is 2. The third-order valence-electron chi connectivity index (χ3n) is 3.56. The highest BCUT2D eigenvalue weighted by Gasteiger charge is 2.44. The van der Waals surface area contributed by atoms with Crippen LogP contribution in [0.4, 0.5) is 0 Å². The van der Waals surface area contributed by atoms with Crippen molar-refractivity contribution in [1.82, 2.24) is 9.71 Å². The molecule has 1 spiro atoms. The maximum atomic E-state index is 2.54. The van der Waals surface area contributed by atoms with Crippen molar-refractivity contribution in [2.75, 3.05) is 20.1 Å². The van der Waals surface area contributed by atoms with Gasteiger partial charge in [-0.15, -0.1) is 0 Å². The van der Waals surface area contributed by atoms with E-state index in [1.54, 1.807) is 0 Å². The van der Waals surface area contributed by atoms with Gasteiger partial charge in [0.1, 0.15) is 0 Å². The van der Waals surface area contributed by atoms with Crippen molar-refractivity contribution in [3.63, 3.8) is 0 Å². The molecule has 0 bridgehead atoms. The summed E-state index contributed by atoms with van der Waals surface area (Å²) in [6, 6.07) is 0. The van der Waals surface area contributed by atoms with Crippen LogP contribution < -0.4 is 0 Å². The van der Waals surface area contributed by atoms with E-state index in [0.717, 1.165) is 0 Å². The van der Waals surface area contributed by atoms with Gasteiger partial charge in [0.2, 0.25) is 0 Å². The summed E-state index contributed by atoms with van der Waals surface area (Å²) in [5, 5.41) is 0. The molecule has 62 valence electrons. The van der Waals surface area contributed by atoms with Crippen molar-refractivity contribution in [3.05, 3.63) is 0 Å². The van der Waals surface area contributed by atoms with Gasteiger partial charge in [-0.2, -0.15) is 0 Å². The van der Waals surface area contributed by atoms with Crippen molar-refractivity contribution < 1.29 is 0 Å². The highest BCUT2D eigenvalue weighted by molar-refractivity contribution is 6.05. The Hall–Kier alpha value is -0.0151. The SMILES string of the molecule is BN1CCCC12CCCN2C. The molecule has 0 aromatic carbocycles. The average molecular weight is 152 g/mol. The first-order valence-electron chi connectivity index (χ1n) is 4.68. The zero-order chi connectivity index (χ0) is 7.90. The van der Waals surface area contributed by atoms with Gasteiger partial charge in [0.15, 0.2) is 7.98 Å². The highest BCUT2D eigenvalue weighted by Crippen LogP contribution is 2.38. The number of likely N-dealkylation sites (tertiary alicyclic amines) is 1. The van der Waals surface area contributed by atoms with Crippen molar-refractivity contribution >= 4 is 7.98 Å². The summed E-state index contributed by atoms with van der Waals surface area (Å²) >= 11 is 0. The van der Waals surface area contributed by atoms with Gasteiger partial charge in [0.25, 0.3) is 0 Å². The van der Waals surface area contributed by atoms with E-state index in [9.17, 15) is 0 Å². The molecule has 2 fully saturated rings. The van der Waals surface area contributed by atoms with Gasteiger partial charge in [-0.25, -0.2) is 0 Å². The predicted molar refractivity (Wildman–Crippen MR) is 49.1 cm³/mol. The molecule has 0 amide bonds. The molecule has 0 radical (unpaired) electrons. The lowest BCUT2D eigenvalue weighted by Crippen LogP contribution is -2.50. The average Bonchev–Trinajstić information content (AvgIpc) is 2.48. The van der Waals surface area contributed by atoms with Gasteiger partial charge in [-0.3, -0.25) is 4.90 Å². The first kappa shape index (κ1) is 7.62. The minimum absolute atomic E-state index is 0.472. The van der Waals surface area contributed by atoms with Crippen molar-refractivity contribution in [2.45, 2.75) is 31.3 Å². The fraction of sp³-hybridized carbons (Fsp3) is 1.00. The van der Waals surface area contributed by atoms with Gasteiger partial charge < -0.3 is 4.81 Å². The van der Waals surface area contributed by atoms with Gasteiger partial charge in [0.05, 0.1) is 5.66 Å². The van der Waals surface area contributed by atoms with Crippen LogP contribution in [0.3, 0.4) is 0 Å². The van der Waals surface area contributed by atoms with E-state index >= 15 is 0 Å². The first-order chi connectivity index (χ1) is 5.26. The Bertz CT molecular complexity index is 142. The Morgan fingerprint density at radius 2 is 1.82 bits per heavy atom. The monoisotopic (exact) mass is 152 g/mol. The summed E-state index contributed by atoms with van der Waals surface area (Å²) in [5.74, 6) is 0. The Balaban J connectivity index is 2.19. The smallest absolute Gasteiger partial charge is 0.187 e. The van der Waals surface area contributed by atoms with Crippen LogP contribution in [0.1, 0.15) is 25.7 Å². The third-order valence-corrected chi connectivity index (χ3v) is 3.56. The van der Waals surface area contributed by atoms with Crippen LogP contribution in [0.25, 0.3) is 0 Å². The molecule has 2 saturated heterocycles. The third kappa shape index (κ3) is 0.943. The lowest BCUT2D eigenvalue weighted by Gasteiger charge is -2.39. The van der Waals surface area contributed by atoms with E-state index in [-0.39, 0.29) is 0 Å². The van der Waals surface area contributed by atoms with E-state index in [0.29, 0.717) is 5.66 Å². The van der Waals surface area contributed by atoms with Gasteiger partial charge >= 0.3 is 0 Å². The molecule has 2 aliphatic heterocycles. The van der Waals surface area contributed by atoms with Crippen LogP contribution in [-0.4, -0.2) is 43.5 Å². The zero-order valence-corrected chi connectivity index (χ0v) is 7.64. The lowest BCUT2D eigenvalue weighted by molar-refractivity contribution is 0.0815. The predicted octanol–water partition coefficient (Wildman–Crippen LogP) is 0.0522. The Morgan fingerprint density at radius 1 is 1.18 bits per heavy atom. The van der Waals surface area contributed by atoms with Gasteiger partial charge in [-0.05, 0) is 45.8 Å². The quantitative estimate of drug-likeness (QED) is 0.452. The second kappa shape index (κ2) is 2.49. The fourth-order valence-corrected chi connectivity index (χ4v) is 2.79. The largest absolute Gasteiger partial charge is 0.332 e. The number of nitrogens with zero attached hydrogens (tertiary/aromatic N) is 2. The second-order valence-corrected chi connectivity index (χ2v) is 4.03. The fourth-order valence-electron chi connectivity index (χ4n) is 2.79. The molecule has 0 aromatic rings. The van der Waals surface area contributed by atoms with Crippen LogP contribution in [0.5, 0.6) is 0 Å². The van der Waals surface area contributed by atoms with Gasteiger partial charge in [-0.1, -0.05) is 0 Å². The van der Waals surface area contributed by atoms with E-state index in [2.05, 4.69) is 24.7 Å². The Labute approximate surface area is 70.0 Å². The Morgan fingerprint density at radius 3 is 2.27 bits per heavy atom. The molecule has 2 aliphatic rings. The minimum Gasteiger partial charge on any atom is -0.332 e. The van der Waals surface area contributed by atoms with Crippen LogP contribution >= 0.6 is 0 Å². The molecule has 2 rings (SSSR count). The van der Waals surface area contributed by atoms with Crippen molar-refractivity contribution in [1.29, 1.82) is 0 Å². The minimum atomic E-state index is 0.472. The van der Waals surface area contributed by atoms with E-state index < -0.39 is 0 Å². The molecule has 0 aromatic heterocycles. The van der Waals surface area contributed by atoms with Crippen LogP contribution in [-0.2, 0) is 0 Å². The maximum Gasteiger partial charge on any atom is 0.187 e. The van der Waals surface area contributed by atoms with Crippen LogP contribution in [0.2, 0.25) is 0 Å². The topological polar surface area (TPSA) is 6.48 Å². The maximum absolute atomic E-state index is 2.54. The van der Waals surface area contributed by atoms with E-state index in [1.165, 1.54) is 38.8 Å². The molecule has 1 unspecified atom stereocenters. The molecule has 1 atom stereocenters. The summed E-state index contributed by atoms with van der Waals surface area (Å²) in [6.45, 7) is 2.59.